The molecule has 0 aromatic carbocycles. The summed E-state index contributed by atoms with van der Waals surface area (Å²) in [6, 6.07) is 4.78. The summed E-state index contributed by atoms with van der Waals surface area (Å²) in [7, 11) is 0. The Morgan fingerprint density at radius 3 is 2.95 bits per heavy atom. The number of nitrogens with one attached hydrogen (secondary N) is 1. The van der Waals surface area contributed by atoms with Gasteiger partial charge >= 0.3 is 0 Å². The maximum Gasteiger partial charge on any atom is 0.105 e. The molecule has 2 aliphatic rings. The van der Waals surface area contributed by atoms with Gasteiger partial charge in [0.15, 0.2) is 0 Å². The zero-order valence-corrected chi connectivity index (χ0v) is 12.0. The summed E-state index contributed by atoms with van der Waals surface area (Å²) >= 11 is 0. The van der Waals surface area contributed by atoms with Gasteiger partial charge in [0.05, 0.1) is 6.26 Å². The summed E-state index contributed by atoms with van der Waals surface area (Å²) in [6.07, 6.45) is 9.58. The Hall–Kier alpha value is -0.800. The van der Waals surface area contributed by atoms with Crippen molar-refractivity contribution in [3.8, 4) is 0 Å². The van der Waals surface area contributed by atoms with E-state index in [4.69, 9.17) is 4.42 Å². The van der Waals surface area contributed by atoms with Crippen LogP contribution in [-0.2, 0) is 6.42 Å². The zero-order chi connectivity index (χ0) is 13.1. The van der Waals surface area contributed by atoms with E-state index < -0.39 is 0 Å². The number of rotatable bonds is 4. The molecule has 3 heteroatoms. The summed E-state index contributed by atoms with van der Waals surface area (Å²) in [6.45, 7) is 5.83. The SMILES string of the molecule is CCC1CNC2(CCCC2)CN1CCc1ccco1. The van der Waals surface area contributed by atoms with Gasteiger partial charge in [0.1, 0.15) is 5.76 Å². The van der Waals surface area contributed by atoms with E-state index in [0.717, 1.165) is 25.3 Å². The van der Waals surface area contributed by atoms with Gasteiger partial charge in [-0.05, 0) is 31.4 Å². The third-order valence-electron chi connectivity index (χ3n) is 4.99. The second-order valence-corrected chi connectivity index (χ2v) is 6.23. The van der Waals surface area contributed by atoms with Crippen molar-refractivity contribution in [1.82, 2.24) is 10.2 Å². The van der Waals surface area contributed by atoms with Crippen molar-refractivity contribution in [2.24, 2.45) is 0 Å². The molecule has 1 aliphatic heterocycles. The molecule has 1 aromatic heterocycles. The minimum atomic E-state index is 0.425. The maximum absolute atomic E-state index is 5.47. The molecule has 1 N–H and O–H groups in total. The summed E-state index contributed by atoms with van der Waals surface area (Å²) in [4.78, 5) is 2.70. The van der Waals surface area contributed by atoms with Crippen LogP contribution in [0.3, 0.4) is 0 Å². The van der Waals surface area contributed by atoms with Gasteiger partial charge in [0.25, 0.3) is 0 Å². The smallest absolute Gasteiger partial charge is 0.105 e. The molecule has 0 bridgehead atoms. The number of piperazine rings is 1. The van der Waals surface area contributed by atoms with E-state index in [1.165, 1.54) is 38.6 Å². The van der Waals surface area contributed by atoms with Crippen molar-refractivity contribution in [2.45, 2.75) is 57.0 Å². The molecule has 1 saturated carbocycles. The normalized spacial score (nSPS) is 27.1. The Balaban J connectivity index is 1.62. The Labute approximate surface area is 116 Å². The van der Waals surface area contributed by atoms with E-state index >= 15 is 0 Å². The lowest BCUT2D eigenvalue weighted by atomic mass is 9.91. The molecule has 0 radical (unpaired) electrons. The third kappa shape index (κ3) is 2.87. The number of furan rings is 1. The predicted molar refractivity (Wildman–Crippen MR) is 77.3 cm³/mol. The van der Waals surface area contributed by atoms with Crippen molar-refractivity contribution >= 4 is 0 Å². The first-order valence-corrected chi connectivity index (χ1v) is 7.83. The molecule has 1 atom stereocenters. The van der Waals surface area contributed by atoms with Crippen LogP contribution in [0.15, 0.2) is 22.8 Å². The van der Waals surface area contributed by atoms with Crippen LogP contribution in [0, 0.1) is 0 Å². The molecule has 0 amide bonds. The summed E-state index contributed by atoms with van der Waals surface area (Å²) in [5, 5.41) is 3.85. The lowest BCUT2D eigenvalue weighted by Crippen LogP contribution is -2.63. The standard InChI is InChI=1S/C16H26N2O/c1-2-14-12-17-16(8-3-4-9-16)13-18(14)10-7-15-6-5-11-19-15/h5-6,11,14,17H,2-4,7-10,12-13H2,1H3. The lowest BCUT2D eigenvalue weighted by Gasteiger charge is -2.46. The average Bonchev–Trinajstić information content (AvgIpc) is 3.09. The molecule has 1 aromatic rings. The lowest BCUT2D eigenvalue weighted by molar-refractivity contribution is 0.0781. The van der Waals surface area contributed by atoms with Gasteiger partial charge in [0.2, 0.25) is 0 Å². The van der Waals surface area contributed by atoms with Crippen molar-refractivity contribution in [2.75, 3.05) is 19.6 Å². The third-order valence-corrected chi connectivity index (χ3v) is 4.99. The topological polar surface area (TPSA) is 28.4 Å². The van der Waals surface area contributed by atoms with Crippen LogP contribution in [0.1, 0.15) is 44.8 Å². The quantitative estimate of drug-likeness (QED) is 0.904. The second-order valence-electron chi connectivity index (χ2n) is 6.23. The number of hydrogen-bond donors (Lipinski definition) is 1. The molecule has 3 rings (SSSR count). The van der Waals surface area contributed by atoms with Crippen molar-refractivity contribution in [3.05, 3.63) is 24.2 Å². The molecular formula is C16H26N2O. The highest BCUT2D eigenvalue weighted by Gasteiger charge is 2.40. The molecule has 1 aliphatic carbocycles. The molecule has 1 unspecified atom stereocenters. The van der Waals surface area contributed by atoms with Gasteiger partial charge in [-0.2, -0.15) is 0 Å². The van der Waals surface area contributed by atoms with Gasteiger partial charge < -0.3 is 9.73 Å². The van der Waals surface area contributed by atoms with E-state index in [1.807, 2.05) is 6.07 Å². The van der Waals surface area contributed by atoms with Crippen LogP contribution >= 0.6 is 0 Å². The first-order valence-electron chi connectivity index (χ1n) is 7.83. The molecular weight excluding hydrogens is 236 g/mol. The largest absolute Gasteiger partial charge is 0.469 e. The van der Waals surface area contributed by atoms with E-state index in [0.29, 0.717) is 11.6 Å². The highest BCUT2D eigenvalue weighted by molar-refractivity contribution is 5.03. The molecule has 2 heterocycles. The monoisotopic (exact) mass is 262 g/mol. The van der Waals surface area contributed by atoms with E-state index in [-0.39, 0.29) is 0 Å². The van der Waals surface area contributed by atoms with E-state index in [2.05, 4.69) is 23.2 Å². The molecule has 106 valence electrons. The zero-order valence-electron chi connectivity index (χ0n) is 12.0. The maximum atomic E-state index is 5.47. The van der Waals surface area contributed by atoms with Crippen molar-refractivity contribution in [1.29, 1.82) is 0 Å². The van der Waals surface area contributed by atoms with E-state index in [9.17, 15) is 0 Å². The summed E-state index contributed by atoms with van der Waals surface area (Å²) in [5.74, 6) is 1.12. The minimum absolute atomic E-state index is 0.425. The fraction of sp³-hybridized carbons (Fsp3) is 0.750. The Morgan fingerprint density at radius 2 is 2.26 bits per heavy atom. The van der Waals surface area contributed by atoms with Gasteiger partial charge in [0, 0.05) is 37.6 Å². The van der Waals surface area contributed by atoms with Crippen LogP contribution in [-0.4, -0.2) is 36.1 Å². The average molecular weight is 262 g/mol. The number of hydrogen-bond acceptors (Lipinski definition) is 3. The van der Waals surface area contributed by atoms with Crippen LogP contribution in [0.25, 0.3) is 0 Å². The van der Waals surface area contributed by atoms with Gasteiger partial charge in [-0.1, -0.05) is 19.8 Å². The van der Waals surface area contributed by atoms with Gasteiger partial charge in [-0.15, -0.1) is 0 Å². The first kappa shape index (κ1) is 13.2. The highest BCUT2D eigenvalue weighted by Crippen LogP contribution is 2.33. The van der Waals surface area contributed by atoms with E-state index in [1.54, 1.807) is 6.26 Å². The molecule has 3 nitrogen and oxygen atoms in total. The molecule has 1 saturated heterocycles. The molecule has 2 fully saturated rings. The fourth-order valence-electron chi connectivity index (χ4n) is 3.80. The minimum Gasteiger partial charge on any atom is -0.469 e. The highest BCUT2D eigenvalue weighted by atomic mass is 16.3. The summed E-state index contributed by atoms with van der Waals surface area (Å²) < 4.78 is 5.47. The first-order chi connectivity index (χ1) is 9.31. The second kappa shape index (κ2) is 5.68. The Morgan fingerprint density at radius 1 is 1.42 bits per heavy atom. The van der Waals surface area contributed by atoms with Crippen LogP contribution in [0.4, 0.5) is 0 Å². The summed E-state index contributed by atoms with van der Waals surface area (Å²) in [5.41, 5.74) is 0.425. The van der Waals surface area contributed by atoms with Crippen molar-refractivity contribution < 1.29 is 4.42 Å². The van der Waals surface area contributed by atoms with Gasteiger partial charge in [-0.3, -0.25) is 4.90 Å². The Bertz CT molecular complexity index is 381. The fourth-order valence-corrected chi connectivity index (χ4v) is 3.80. The van der Waals surface area contributed by atoms with Gasteiger partial charge in [-0.25, -0.2) is 0 Å². The Kier molecular flexibility index (Phi) is 3.94. The molecule has 1 spiro atoms. The van der Waals surface area contributed by atoms with Crippen LogP contribution < -0.4 is 5.32 Å². The van der Waals surface area contributed by atoms with Crippen molar-refractivity contribution in [3.63, 3.8) is 0 Å². The van der Waals surface area contributed by atoms with Crippen LogP contribution in [0.2, 0.25) is 0 Å². The number of nitrogens with zero attached hydrogens (tertiary/aromatic N) is 1. The van der Waals surface area contributed by atoms with Crippen LogP contribution in [0.5, 0.6) is 0 Å². The predicted octanol–water partition coefficient (Wildman–Crippen LogP) is 2.82. The molecule has 19 heavy (non-hydrogen) atoms.